The van der Waals surface area contributed by atoms with E-state index in [2.05, 4.69) is 65.7 Å². The van der Waals surface area contributed by atoms with Gasteiger partial charge in [-0.15, -0.1) is 0 Å². The summed E-state index contributed by atoms with van der Waals surface area (Å²) in [6.07, 6.45) is 6.68. The van der Waals surface area contributed by atoms with Crippen molar-refractivity contribution >= 4 is 85.9 Å². The highest BCUT2D eigenvalue weighted by molar-refractivity contribution is 6.31. The molecule has 14 nitrogen and oxygen atoms in total. The molecular formula is C69H46N8O6. The van der Waals surface area contributed by atoms with Gasteiger partial charge in [0.25, 0.3) is 0 Å². The minimum atomic E-state index is -0.108. The second kappa shape index (κ2) is 17.4. The molecule has 398 valence electrons. The van der Waals surface area contributed by atoms with Crippen LogP contribution in [0.5, 0.6) is 0 Å². The summed E-state index contributed by atoms with van der Waals surface area (Å²) in [4.78, 5) is 96.0. The van der Waals surface area contributed by atoms with E-state index in [9.17, 15) is 34.0 Å². The predicted octanol–water partition coefficient (Wildman–Crippen LogP) is 11.1. The number of para-hydroxylation sites is 1. The molecule has 18 rings (SSSR count). The van der Waals surface area contributed by atoms with E-state index in [1.54, 1.807) is 66.9 Å². The molecular weight excluding hydrogens is 1040 g/mol. The third-order valence-electron chi connectivity index (χ3n) is 18.3. The van der Waals surface area contributed by atoms with Gasteiger partial charge < -0.3 is 29.4 Å². The zero-order valence-electron chi connectivity index (χ0n) is 45.0. The molecule has 83 heavy (non-hydrogen) atoms. The van der Waals surface area contributed by atoms with Crippen LogP contribution in [0, 0.1) is 11.3 Å². The van der Waals surface area contributed by atoms with E-state index in [1.807, 2.05) is 99.2 Å². The van der Waals surface area contributed by atoms with Crippen LogP contribution in [0.15, 0.2) is 170 Å². The molecule has 0 saturated heterocycles. The number of hydrogen-bond donors (Lipinski definition) is 0. The maximum atomic E-state index is 13.1. The van der Waals surface area contributed by atoms with Crippen LogP contribution in [0.1, 0.15) is 118 Å². The van der Waals surface area contributed by atoms with Crippen molar-refractivity contribution in [1.29, 1.82) is 5.26 Å². The van der Waals surface area contributed by atoms with Crippen LogP contribution in [0.2, 0.25) is 0 Å². The Morgan fingerprint density at radius 2 is 0.675 bits per heavy atom. The molecule has 0 saturated carbocycles. The number of nitrogens with zero attached hydrogens (tertiary/aromatic N) is 8. The van der Waals surface area contributed by atoms with E-state index in [4.69, 9.17) is 0 Å². The van der Waals surface area contributed by atoms with Crippen LogP contribution in [-0.2, 0) is 19.3 Å². The Bertz CT molecular complexity index is 4410. The van der Waals surface area contributed by atoms with Crippen molar-refractivity contribution in [2.24, 2.45) is 0 Å². The normalized spacial score (nSPS) is 18.5. The lowest BCUT2D eigenvalue weighted by atomic mass is 9.83. The van der Waals surface area contributed by atoms with Gasteiger partial charge in [-0.05, 0) is 83.4 Å². The average Bonchev–Trinajstić information content (AvgIpc) is 2.25. The van der Waals surface area contributed by atoms with Crippen molar-refractivity contribution in [3.63, 3.8) is 0 Å². The van der Waals surface area contributed by atoms with Crippen LogP contribution in [0.25, 0.3) is 0 Å². The fourth-order valence-corrected chi connectivity index (χ4v) is 14.2. The fourth-order valence-electron chi connectivity index (χ4n) is 14.2. The lowest BCUT2D eigenvalue weighted by Crippen LogP contribution is -2.35. The number of carbonyl (C=O) groups is 6. The number of ketones is 6. The summed E-state index contributed by atoms with van der Waals surface area (Å²) in [6, 6.07) is 50.8. The standard InChI is InChI=1S/C24H15N3O2.C23H16N2O2.C22H15N3O2/c1-26-20-10-17-18(24(29)16-5-3-2-4-15(16)23(17)28)11-21(20)27-19-7-6-13(12-25)8-14(19)9-22(26)27;1-24-19-11-16-17(23(27)15-8-4-3-7-14(15)22(16)26)12-20(19)25-18-9-5-2-6-13(18)10-21(24)25;1-24-18-9-15-16(22(27)14-5-3-2-4-13(14)21(15)26)10-19(18)25-17-6-7-23-11-12(17)8-20(24)25/h2-8,10-11,22H,9H2,1H3;2-9,11-12,21H,10H2,1H3;2-7,9-11,20H,8H2,1H3. The van der Waals surface area contributed by atoms with Crippen LogP contribution in [-0.4, -0.2) is 79.3 Å². The van der Waals surface area contributed by atoms with Gasteiger partial charge >= 0.3 is 0 Å². The number of nitriles is 1. The molecule has 9 aliphatic rings. The molecule has 8 aromatic carbocycles. The minimum Gasteiger partial charge on any atom is -0.352 e. The van der Waals surface area contributed by atoms with Gasteiger partial charge in [-0.1, -0.05) is 91.0 Å². The molecule has 0 fully saturated rings. The summed E-state index contributed by atoms with van der Waals surface area (Å²) in [5, 5.41) is 9.20. The van der Waals surface area contributed by atoms with Crippen LogP contribution in [0.4, 0.5) is 51.2 Å². The molecule has 14 heteroatoms. The Morgan fingerprint density at radius 1 is 0.349 bits per heavy atom. The Labute approximate surface area is 476 Å². The van der Waals surface area contributed by atoms with Crippen molar-refractivity contribution in [1.82, 2.24) is 4.98 Å². The summed E-state index contributed by atoms with van der Waals surface area (Å²) in [5.41, 5.74) is 19.4. The quantitative estimate of drug-likeness (QED) is 0.141. The first-order valence-corrected chi connectivity index (χ1v) is 27.6. The van der Waals surface area contributed by atoms with E-state index in [-0.39, 0.29) is 53.2 Å². The van der Waals surface area contributed by atoms with Crippen LogP contribution in [0.3, 0.4) is 0 Å². The Balaban J connectivity index is 0.000000102. The molecule has 0 N–H and O–H groups in total. The van der Waals surface area contributed by atoms with Gasteiger partial charge in [-0.3, -0.25) is 33.8 Å². The summed E-state index contributed by atoms with van der Waals surface area (Å²) in [5.74, 6) is -0.498. The fraction of sp³-hybridized carbons (Fsp3) is 0.130. The molecule has 1 aromatic heterocycles. The first-order valence-electron chi connectivity index (χ1n) is 27.6. The summed E-state index contributed by atoms with van der Waals surface area (Å²) < 4.78 is 0. The number of rotatable bonds is 0. The van der Waals surface area contributed by atoms with E-state index in [0.717, 1.165) is 70.3 Å². The first-order chi connectivity index (χ1) is 40.4. The third-order valence-corrected chi connectivity index (χ3v) is 18.3. The van der Waals surface area contributed by atoms with Gasteiger partial charge in [0.2, 0.25) is 0 Å². The number of hydrogen-bond acceptors (Lipinski definition) is 14. The van der Waals surface area contributed by atoms with Crippen molar-refractivity contribution < 1.29 is 28.8 Å². The maximum Gasteiger partial charge on any atom is 0.194 e. The van der Waals surface area contributed by atoms with Crippen LogP contribution < -0.4 is 29.4 Å². The third kappa shape index (κ3) is 6.61. The molecule has 3 aliphatic carbocycles. The number of carbonyl (C=O) groups excluding carboxylic acids is 6. The summed E-state index contributed by atoms with van der Waals surface area (Å²) >= 11 is 0. The number of benzene rings is 8. The molecule has 0 amide bonds. The monoisotopic (exact) mass is 1080 g/mol. The highest BCUT2D eigenvalue weighted by Crippen LogP contribution is 2.54. The SMILES string of the molecule is CN1c2cc3c(cc2N2c4ccc(C#N)cc4CC12)C(=O)c1ccccc1C3=O.CN1c2cc3c(cc2N2c4ccccc4CC12)C(=O)c1ccccc1C3=O.CN1c2cc3c(cc2N2c4ccncc4CC12)C(=O)c1ccccc1C3=O. The number of fused-ring (bicyclic) bond motifs is 21. The Morgan fingerprint density at radius 3 is 1.07 bits per heavy atom. The van der Waals surface area contributed by atoms with E-state index < -0.39 is 0 Å². The van der Waals surface area contributed by atoms with Gasteiger partial charge in [0.15, 0.2) is 34.7 Å². The van der Waals surface area contributed by atoms with Gasteiger partial charge in [0.1, 0.15) is 18.5 Å². The number of likely N-dealkylation sites (N-methyl/N-ethyl adjacent to an activating group) is 3. The second-order valence-corrected chi connectivity index (χ2v) is 22.4. The zero-order chi connectivity index (χ0) is 56.4. The van der Waals surface area contributed by atoms with Gasteiger partial charge in [0, 0.05) is 137 Å². The van der Waals surface area contributed by atoms with Gasteiger partial charge in [-0.25, -0.2) is 0 Å². The molecule has 3 unspecified atom stereocenters. The molecule has 0 bridgehead atoms. The maximum absolute atomic E-state index is 13.1. The molecule has 0 radical (unpaired) electrons. The largest absolute Gasteiger partial charge is 0.352 e. The molecule has 7 heterocycles. The van der Waals surface area contributed by atoms with E-state index >= 15 is 0 Å². The molecule has 6 aliphatic heterocycles. The van der Waals surface area contributed by atoms with Crippen molar-refractivity contribution in [2.75, 3.05) is 50.5 Å². The van der Waals surface area contributed by atoms with E-state index in [0.29, 0.717) is 72.3 Å². The summed E-state index contributed by atoms with van der Waals surface area (Å²) in [7, 11) is 6.11. The lowest BCUT2D eigenvalue weighted by Gasteiger charge is -2.23. The number of anilines is 9. The highest BCUT2D eigenvalue weighted by atomic mass is 16.2. The average molecular weight is 1080 g/mol. The molecule has 0 spiro atoms. The smallest absolute Gasteiger partial charge is 0.194 e. The molecule has 3 atom stereocenters. The van der Waals surface area contributed by atoms with Gasteiger partial charge in [0.05, 0.1) is 45.8 Å². The Kier molecular flexibility index (Phi) is 10.1. The van der Waals surface area contributed by atoms with Crippen LogP contribution >= 0.6 is 0 Å². The predicted molar refractivity (Wildman–Crippen MR) is 315 cm³/mol. The van der Waals surface area contributed by atoms with Gasteiger partial charge in [-0.2, -0.15) is 5.26 Å². The minimum absolute atomic E-state index is 0.0659. The first kappa shape index (κ1) is 48.2. The lowest BCUT2D eigenvalue weighted by molar-refractivity contribution is 0.0979. The zero-order valence-corrected chi connectivity index (χ0v) is 45.0. The van der Waals surface area contributed by atoms with Crippen molar-refractivity contribution in [2.45, 2.75) is 37.8 Å². The topological polar surface area (TPSA) is 159 Å². The molecule has 9 aromatic rings. The van der Waals surface area contributed by atoms with Crippen molar-refractivity contribution in [3.05, 3.63) is 259 Å². The van der Waals surface area contributed by atoms with Crippen molar-refractivity contribution in [3.8, 4) is 6.07 Å². The number of pyridine rings is 1. The number of aromatic nitrogens is 1. The van der Waals surface area contributed by atoms with E-state index in [1.165, 1.54) is 16.8 Å². The Hall–Kier alpha value is -10.8. The second-order valence-electron chi connectivity index (χ2n) is 22.4. The summed E-state index contributed by atoms with van der Waals surface area (Å²) in [6.45, 7) is 0. The highest BCUT2D eigenvalue weighted by Gasteiger charge is 2.46.